The highest BCUT2D eigenvalue weighted by Gasteiger charge is 2.78. The van der Waals surface area contributed by atoms with Crippen molar-refractivity contribution >= 4 is 17.7 Å². The van der Waals surface area contributed by atoms with E-state index >= 15 is 4.79 Å². The van der Waals surface area contributed by atoms with E-state index < -0.39 is 39.0 Å². The molecule has 7 heteroatoms. The van der Waals surface area contributed by atoms with Crippen molar-refractivity contribution in [1.82, 2.24) is 4.90 Å². The van der Waals surface area contributed by atoms with Gasteiger partial charge in [0.2, 0.25) is 0 Å². The van der Waals surface area contributed by atoms with Crippen LogP contribution in [-0.2, 0) is 14.3 Å². The highest BCUT2D eigenvalue weighted by molar-refractivity contribution is 6.10. The van der Waals surface area contributed by atoms with Crippen molar-refractivity contribution < 1.29 is 29.3 Å². The first-order valence-corrected chi connectivity index (χ1v) is 22.9. The Bertz CT molecular complexity index is 1980. The fraction of sp³-hybridized carbons (Fsp3) is 0.740. The Morgan fingerprint density at radius 3 is 2.04 bits per heavy atom. The maximum Gasteiger partial charge on any atom is 0.313 e. The molecule has 1 aromatic carbocycles. The molecule has 306 valence electrons. The fourth-order valence-electron chi connectivity index (χ4n) is 17.7. The normalized spacial score (nSPS) is 51.6. The molecule has 1 amide bonds. The number of hydrogen-bond donors (Lipinski definition) is 2. The van der Waals surface area contributed by atoms with Gasteiger partial charge in [-0.2, -0.15) is 0 Å². The van der Waals surface area contributed by atoms with E-state index in [0.29, 0.717) is 37.8 Å². The van der Waals surface area contributed by atoms with Gasteiger partial charge in [0.15, 0.2) is 11.4 Å². The van der Waals surface area contributed by atoms with E-state index in [4.69, 9.17) is 4.74 Å². The van der Waals surface area contributed by atoms with Gasteiger partial charge in [0.1, 0.15) is 0 Å². The number of amides is 1. The van der Waals surface area contributed by atoms with Crippen molar-refractivity contribution in [1.29, 1.82) is 0 Å². The molecule has 0 aromatic heterocycles. The molecule has 10 unspecified atom stereocenters. The van der Waals surface area contributed by atoms with Crippen LogP contribution in [0.1, 0.15) is 141 Å². The topological polar surface area (TPSA) is 104 Å². The van der Waals surface area contributed by atoms with Gasteiger partial charge in [0.05, 0.1) is 23.7 Å². The maximum atomic E-state index is 15.7. The Morgan fingerprint density at radius 1 is 0.772 bits per heavy atom. The molecule has 13 rings (SSSR count). The summed E-state index contributed by atoms with van der Waals surface area (Å²) in [5.74, 6) is 2.09. The Labute approximate surface area is 339 Å². The molecule has 11 aliphatic carbocycles. The molecule has 2 N–H and O–H groups in total. The molecule has 10 atom stereocenters. The molecule has 2 spiro atoms. The van der Waals surface area contributed by atoms with E-state index in [2.05, 4.69) is 50.8 Å². The summed E-state index contributed by atoms with van der Waals surface area (Å²) in [6.07, 6.45) is 20.5. The molecule has 0 radical (unpaired) electrons. The summed E-state index contributed by atoms with van der Waals surface area (Å²) in [6, 6.07) is 9.70. The monoisotopic (exact) mass is 775 g/mol. The number of carbonyl (C=O) groups is 3. The number of ketones is 1. The van der Waals surface area contributed by atoms with Crippen LogP contribution in [0.3, 0.4) is 0 Å². The highest BCUT2D eigenvalue weighted by atomic mass is 16.6. The minimum Gasteiger partial charge on any atom is -0.448 e. The van der Waals surface area contributed by atoms with Crippen LogP contribution in [0.25, 0.3) is 0 Å². The predicted octanol–water partition coefficient (Wildman–Crippen LogP) is 8.63. The SMILES string of the molecule is CC12CCC(C(=O)N(CC34CC5CC(CC(C5)C3)C4)CC3(O)CCC4C56C=CC7(C=C5C(=O)c5ccccc5)CC(O)CCC7(C)C6CCC43C)(OC1=O)C2(C)C. The van der Waals surface area contributed by atoms with E-state index in [9.17, 15) is 19.8 Å². The number of hydrogen-bond acceptors (Lipinski definition) is 6. The number of carbonyl (C=O) groups excluding carboxylic acids is 3. The molecule has 9 fully saturated rings. The predicted molar refractivity (Wildman–Crippen MR) is 216 cm³/mol. The van der Waals surface area contributed by atoms with Crippen LogP contribution in [0, 0.1) is 67.5 Å². The van der Waals surface area contributed by atoms with Crippen LogP contribution in [0.2, 0.25) is 0 Å². The van der Waals surface area contributed by atoms with Crippen molar-refractivity contribution in [3.63, 3.8) is 0 Å². The second-order valence-electron chi connectivity index (χ2n) is 23.3. The Hall–Kier alpha value is -2.77. The van der Waals surface area contributed by atoms with Crippen molar-refractivity contribution in [2.75, 3.05) is 13.1 Å². The van der Waals surface area contributed by atoms with E-state index in [0.717, 1.165) is 74.7 Å². The van der Waals surface area contributed by atoms with E-state index in [1.54, 1.807) is 0 Å². The Balaban J connectivity index is 1.00. The third-order valence-corrected chi connectivity index (χ3v) is 20.9. The first kappa shape index (κ1) is 37.2. The van der Waals surface area contributed by atoms with Crippen LogP contribution in [0.15, 0.2) is 54.1 Å². The molecule has 1 saturated heterocycles. The fourth-order valence-corrected chi connectivity index (χ4v) is 17.7. The summed E-state index contributed by atoms with van der Waals surface area (Å²) in [4.78, 5) is 46.3. The second-order valence-corrected chi connectivity index (χ2v) is 23.3. The van der Waals surface area contributed by atoms with E-state index in [-0.39, 0.29) is 52.3 Å². The molecule has 12 aliphatic rings. The largest absolute Gasteiger partial charge is 0.448 e. The summed E-state index contributed by atoms with van der Waals surface area (Å²) in [7, 11) is 0. The number of aliphatic hydroxyl groups excluding tert-OH is 1. The number of esters is 1. The van der Waals surface area contributed by atoms with Crippen LogP contribution >= 0.6 is 0 Å². The minimum atomic E-state index is -1.23. The average Bonchev–Trinajstić information content (AvgIpc) is 3.61. The molecule has 57 heavy (non-hydrogen) atoms. The van der Waals surface area contributed by atoms with Crippen LogP contribution in [0.5, 0.6) is 0 Å². The number of aliphatic hydroxyl groups is 2. The Kier molecular flexibility index (Phi) is 7.40. The molecule has 1 aromatic rings. The molecule has 8 bridgehead atoms. The van der Waals surface area contributed by atoms with E-state index in [1.807, 2.05) is 37.3 Å². The van der Waals surface area contributed by atoms with Gasteiger partial charge in [-0.15, -0.1) is 0 Å². The second kappa shape index (κ2) is 11.3. The van der Waals surface area contributed by atoms with Crippen LogP contribution < -0.4 is 0 Å². The maximum absolute atomic E-state index is 15.7. The van der Waals surface area contributed by atoms with E-state index in [1.165, 1.54) is 19.3 Å². The summed E-state index contributed by atoms with van der Waals surface area (Å²) >= 11 is 0. The van der Waals surface area contributed by atoms with Crippen molar-refractivity contribution in [2.24, 2.45) is 67.5 Å². The van der Waals surface area contributed by atoms with Gasteiger partial charge in [0.25, 0.3) is 5.91 Å². The molecule has 1 heterocycles. The highest BCUT2D eigenvalue weighted by Crippen LogP contribution is 2.79. The van der Waals surface area contributed by atoms with Gasteiger partial charge in [0, 0.05) is 39.3 Å². The zero-order chi connectivity index (χ0) is 39.8. The van der Waals surface area contributed by atoms with Gasteiger partial charge in [-0.1, -0.05) is 76.3 Å². The van der Waals surface area contributed by atoms with Gasteiger partial charge in [-0.3, -0.25) is 14.4 Å². The molecule has 1 aliphatic heterocycles. The number of Topliss-reactive ketones (excluding diaryl/α,β-unsaturated/α-hetero) is 1. The number of fused-ring (bicyclic) bond motifs is 3. The lowest BCUT2D eigenvalue weighted by Crippen LogP contribution is -2.68. The molecular formula is C50H65NO6. The zero-order valence-electron chi connectivity index (χ0n) is 35.1. The lowest BCUT2D eigenvalue weighted by Gasteiger charge is -2.71. The third-order valence-electron chi connectivity index (χ3n) is 20.9. The number of benzene rings is 1. The number of allylic oxidation sites excluding steroid dienone is 4. The summed E-state index contributed by atoms with van der Waals surface area (Å²) in [6.45, 7) is 11.7. The standard InChI is InChI=1S/C50H65NO6/c1-42(2)45(5)17-20-50(42,57-41(45)55)40(54)51(29-46-24-31-21-32(25-46)23-33(22-31)26-46)30-48(56)16-13-38-44(48,4)15-12-37-43(3)14-11-35(52)27-47(43)18-19-49(37,38)36(28-47)39(53)34-9-7-6-8-10-34/h6-10,18-19,28,31-33,35,37-38,52,56H,11-17,20-27,29-30H2,1-5H3. The smallest absolute Gasteiger partial charge is 0.313 e. The summed E-state index contributed by atoms with van der Waals surface area (Å²) < 4.78 is 6.34. The summed E-state index contributed by atoms with van der Waals surface area (Å²) in [5.41, 5.74) is -3.85. The Morgan fingerprint density at radius 2 is 1.40 bits per heavy atom. The number of nitrogens with zero attached hydrogens (tertiary/aromatic N) is 1. The molecule has 7 nitrogen and oxygen atoms in total. The summed E-state index contributed by atoms with van der Waals surface area (Å²) in [5, 5.41) is 24.8. The number of rotatable bonds is 7. The van der Waals surface area contributed by atoms with Gasteiger partial charge in [-0.05, 0) is 144 Å². The zero-order valence-corrected chi connectivity index (χ0v) is 35.1. The third kappa shape index (κ3) is 4.35. The van der Waals surface area contributed by atoms with Crippen molar-refractivity contribution in [3.8, 4) is 0 Å². The minimum absolute atomic E-state index is 0.00364. The quantitative estimate of drug-likeness (QED) is 0.163. The van der Waals surface area contributed by atoms with Crippen LogP contribution in [0.4, 0.5) is 0 Å². The van der Waals surface area contributed by atoms with Gasteiger partial charge in [-0.25, -0.2) is 0 Å². The van der Waals surface area contributed by atoms with Gasteiger partial charge >= 0.3 is 5.97 Å². The lowest BCUT2D eigenvalue weighted by atomic mass is 9.32. The van der Waals surface area contributed by atoms with Gasteiger partial charge < -0.3 is 19.8 Å². The average molecular weight is 776 g/mol. The molecular weight excluding hydrogens is 711 g/mol. The number of ether oxygens (including phenoxy) is 1. The van der Waals surface area contributed by atoms with Crippen LogP contribution in [-0.4, -0.2) is 63.2 Å². The first-order chi connectivity index (χ1) is 26.9. The van der Waals surface area contributed by atoms with Crippen molar-refractivity contribution in [2.45, 2.75) is 148 Å². The van der Waals surface area contributed by atoms with Crippen molar-refractivity contribution in [3.05, 3.63) is 59.7 Å². The molecule has 8 saturated carbocycles. The first-order valence-electron chi connectivity index (χ1n) is 22.9. The lowest BCUT2D eigenvalue weighted by molar-refractivity contribution is -0.191.